The van der Waals surface area contributed by atoms with Crippen molar-refractivity contribution >= 4 is 17.3 Å². The molecule has 2 heterocycles. The van der Waals surface area contributed by atoms with Crippen LogP contribution in [0.4, 0.5) is 17.3 Å². The van der Waals surface area contributed by atoms with Crippen molar-refractivity contribution in [3.8, 4) is 11.5 Å². The number of hydrogen-bond donors (Lipinski definition) is 3. The Morgan fingerprint density at radius 2 is 1.96 bits per heavy atom. The van der Waals surface area contributed by atoms with Gasteiger partial charge in [-0.05, 0) is 31.5 Å². The summed E-state index contributed by atoms with van der Waals surface area (Å²) >= 11 is 0. The Kier molecular flexibility index (Phi) is 5.26. The predicted octanol–water partition coefficient (Wildman–Crippen LogP) is 2.02. The molecule has 1 saturated heterocycles. The van der Waals surface area contributed by atoms with Gasteiger partial charge in [0.25, 0.3) is 0 Å². The van der Waals surface area contributed by atoms with E-state index in [9.17, 15) is 20.3 Å². The third-order valence-electron chi connectivity index (χ3n) is 4.20. The minimum absolute atomic E-state index is 0.0697. The Hall–Kier alpha value is -3.14. The summed E-state index contributed by atoms with van der Waals surface area (Å²) in [4.78, 5) is 21.2. The molecule has 2 atom stereocenters. The van der Waals surface area contributed by atoms with Gasteiger partial charge in [-0.3, -0.25) is 10.1 Å². The maximum atomic E-state index is 11.7. The molecule has 1 aliphatic heterocycles. The highest BCUT2D eigenvalue weighted by atomic mass is 16.6. The Labute approximate surface area is 155 Å². The molecule has 27 heavy (non-hydrogen) atoms. The summed E-state index contributed by atoms with van der Waals surface area (Å²) < 4.78 is 5.68. The molecule has 0 aliphatic carbocycles. The molecule has 2 aromatic rings. The lowest BCUT2D eigenvalue weighted by atomic mass is 10.2. The summed E-state index contributed by atoms with van der Waals surface area (Å²) in [7, 11) is 0. The van der Waals surface area contributed by atoms with E-state index in [4.69, 9.17) is 4.74 Å². The average molecular weight is 375 g/mol. The van der Waals surface area contributed by atoms with Gasteiger partial charge in [0.05, 0.1) is 17.1 Å². The molecular formula is C17H21N5O5. The van der Waals surface area contributed by atoms with Gasteiger partial charge in [-0.15, -0.1) is 0 Å². The summed E-state index contributed by atoms with van der Waals surface area (Å²) in [5, 5.41) is 33.6. The zero-order chi connectivity index (χ0) is 19.6. The van der Waals surface area contributed by atoms with Crippen LogP contribution >= 0.6 is 0 Å². The molecule has 3 N–H and O–H groups in total. The number of hydrogen-bond acceptors (Lipinski definition) is 9. The fourth-order valence-corrected chi connectivity index (χ4v) is 3.11. The molecule has 0 spiro atoms. The van der Waals surface area contributed by atoms with Crippen molar-refractivity contribution in [1.29, 1.82) is 0 Å². The number of aromatic nitrogens is 2. The van der Waals surface area contributed by atoms with E-state index in [2.05, 4.69) is 15.3 Å². The fraction of sp³-hybridized carbons (Fsp3) is 0.412. The molecule has 10 nitrogen and oxygen atoms in total. The maximum absolute atomic E-state index is 11.7. The molecule has 1 aromatic heterocycles. The van der Waals surface area contributed by atoms with Gasteiger partial charge in [0.15, 0.2) is 11.5 Å². The summed E-state index contributed by atoms with van der Waals surface area (Å²) in [5.74, 6) is -0.162. The maximum Gasteiger partial charge on any atom is 0.353 e. The lowest BCUT2D eigenvalue weighted by molar-refractivity contribution is -0.383. The van der Waals surface area contributed by atoms with Gasteiger partial charge in [-0.2, -0.15) is 0 Å². The van der Waals surface area contributed by atoms with E-state index in [-0.39, 0.29) is 47.6 Å². The molecular weight excluding hydrogens is 354 g/mol. The van der Waals surface area contributed by atoms with Gasteiger partial charge in [0.2, 0.25) is 11.6 Å². The highest BCUT2D eigenvalue weighted by Gasteiger charge is 2.31. The van der Waals surface area contributed by atoms with Crippen LogP contribution in [0.3, 0.4) is 0 Å². The number of nitro groups is 1. The van der Waals surface area contributed by atoms with Crippen molar-refractivity contribution in [2.24, 2.45) is 0 Å². The van der Waals surface area contributed by atoms with Crippen LogP contribution in [0.25, 0.3) is 0 Å². The standard InChI is InChI=1S/C17H21N5O5/c1-10-7-21(8-11(2)27-10)17-15(22(25)26)16(19-9-20-17)18-6-12-3-4-13(23)14(24)5-12/h3-5,9-11,23-24H,6-8H2,1-2H3,(H,18,19,20). The number of aromatic hydroxyl groups is 2. The zero-order valence-electron chi connectivity index (χ0n) is 15.0. The van der Waals surface area contributed by atoms with Crippen molar-refractivity contribution in [1.82, 2.24) is 9.97 Å². The summed E-state index contributed by atoms with van der Waals surface area (Å²) in [5.41, 5.74) is 0.426. The first kappa shape index (κ1) is 18.6. The molecule has 0 saturated carbocycles. The Morgan fingerprint density at radius 1 is 1.26 bits per heavy atom. The van der Waals surface area contributed by atoms with Crippen LogP contribution in [0.1, 0.15) is 19.4 Å². The minimum atomic E-state index is -0.503. The van der Waals surface area contributed by atoms with Crippen LogP contribution in [0, 0.1) is 10.1 Å². The molecule has 1 aliphatic rings. The lowest BCUT2D eigenvalue weighted by Gasteiger charge is -2.35. The van der Waals surface area contributed by atoms with Crippen molar-refractivity contribution < 1.29 is 19.9 Å². The number of nitrogens with zero attached hydrogens (tertiary/aromatic N) is 4. The first-order chi connectivity index (χ1) is 12.8. The predicted molar refractivity (Wildman–Crippen MR) is 98.0 cm³/mol. The number of anilines is 2. The van der Waals surface area contributed by atoms with Crippen LogP contribution in [-0.4, -0.2) is 50.4 Å². The zero-order valence-corrected chi connectivity index (χ0v) is 15.0. The largest absolute Gasteiger partial charge is 0.504 e. The Balaban J connectivity index is 1.87. The molecule has 1 aromatic carbocycles. The summed E-state index contributed by atoms with van der Waals surface area (Å²) in [6, 6.07) is 4.32. The van der Waals surface area contributed by atoms with Crippen molar-refractivity contribution in [3.63, 3.8) is 0 Å². The van der Waals surface area contributed by atoms with Crippen LogP contribution in [0.5, 0.6) is 11.5 Å². The fourth-order valence-electron chi connectivity index (χ4n) is 3.11. The second-order valence-corrected chi connectivity index (χ2v) is 6.49. The molecule has 2 unspecified atom stereocenters. The Bertz CT molecular complexity index is 836. The van der Waals surface area contributed by atoms with Gasteiger partial charge >= 0.3 is 5.69 Å². The van der Waals surface area contributed by atoms with Crippen molar-refractivity contribution in [2.45, 2.75) is 32.6 Å². The normalized spacial score (nSPS) is 19.7. The number of rotatable bonds is 5. The number of phenols is 2. The molecule has 144 valence electrons. The second kappa shape index (κ2) is 7.62. The highest BCUT2D eigenvalue weighted by Crippen LogP contribution is 2.34. The number of ether oxygens (including phenoxy) is 1. The van der Waals surface area contributed by atoms with E-state index in [1.807, 2.05) is 18.7 Å². The molecule has 10 heteroatoms. The van der Waals surface area contributed by atoms with Crippen LogP contribution in [0.15, 0.2) is 24.5 Å². The third kappa shape index (κ3) is 4.17. The highest BCUT2D eigenvalue weighted by molar-refractivity contribution is 5.70. The molecule has 0 amide bonds. The first-order valence-corrected chi connectivity index (χ1v) is 8.49. The van der Waals surface area contributed by atoms with E-state index in [0.29, 0.717) is 18.7 Å². The van der Waals surface area contributed by atoms with Gasteiger partial charge in [0.1, 0.15) is 6.33 Å². The van der Waals surface area contributed by atoms with E-state index in [0.717, 1.165) is 0 Å². The molecule has 3 rings (SSSR count). The summed E-state index contributed by atoms with van der Waals surface area (Å²) in [6.45, 7) is 4.99. The van der Waals surface area contributed by atoms with Crippen LogP contribution < -0.4 is 10.2 Å². The minimum Gasteiger partial charge on any atom is -0.504 e. The molecule has 0 radical (unpaired) electrons. The van der Waals surface area contributed by atoms with Crippen molar-refractivity contribution in [2.75, 3.05) is 23.3 Å². The average Bonchev–Trinajstić information content (AvgIpc) is 2.61. The van der Waals surface area contributed by atoms with Crippen LogP contribution in [-0.2, 0) is 11.3 Å². The molecule has 0 bridgehead atoms. The van der Waals surface area contributed by atoms with Gasteiger partial charge < -0.3 is 25.2 Å². The SMILES string of the molecule is CC1CN(c2ncnc(NCc3ccc(O)c(O)c3)c2[N+](=O)[O-])CC(C)O1. The van der Waals surface area contributed by atoms with Gasteiger partial charge in [-0.25, -0.2) is 9.97 Å². The monoisotopic (exact) mass is 375 g/mol. The third-order valence-corrected chi connectivity index (χ3v) is 4.20. The Morgan fingerprint density at radius 3 is 2.59 bits per heavy atom. The topological polar surface area (TPSA) is 134 Å². The van der Waals surface area contributed by atoms with Crippen LogP contribution in [0.2, 0.25) is 0 Å². The number of benzene rings is 1. The first-order valence-electron chi connectivity index (χ1n) is 8.49. The van der Waals surface area contributed by atoms with E-state index >= 15 is 0 Å². The number of morpholine rings is 1. The number of phenolic OH excluding ortho intramolecular Hbond substituents is 2. The summed E-state index contributed by atoms with van der Waals surface area (Å²) in [6.07, 6.45) is 1.14. The molecule has 1 fully saturated rings. The van der Waals surface area contributed by atoms with Gasteiger partial charge in [-0.1, -0.05) is 6.07 Å². The lowest BCUT2D eigenvalue weighted by Crippen LogP contribution is -2.46. The van der Waals surface area contributed by atoms with E-state index < -0.39 is 4.92 Å². The second-order valence-electron chi connectivity index (χ2n) is 6.49. The van der Waals surface area contributed by atoms with E-state index in [1.165, 1.54) is 18.5 Å². The smallest absolute Gasteiger partial charge is 0.353 e. The van der Waals surface area contributed by atoms with E-state index in [1.54, 1.807) is 6.07 Å². The van der Waals surface area contributed by atoms with Gasteiger partial charge in [0, 0.05) is 19.6 Å². The number of nitrogens with one attached hydrogen (secondary N) is 1. The quantitative estimate of drug-likeness (QED) is 0.407. The van der Waals surface area contributed by atoms with Crippen molar-refractivity contribution in [3.05, 3.63) is 40.2 Å².